The molecule has 1 N–H and O–H groups in total. The second-order valence-electron chi connectivity index (χ2n) is 6.34. The number of amides is 1. The molecule has 2 aromatic rings. The molecule has 1 saturated heterocycles. The van der Waals surface area contributed by atoms with Crippen LogP contribution in [0.5, 0.6) is 0 Å². The van der Waals surface area contributed by atoms with Crippen LogP contribution in [0.15, 0.2) is 73.0 Å². The zero-order valence-electron chi connectivity index (χ0n) is 15.2. The van der Waals surface area contributed by atoms with Gasteiger partial charge in [0.2, 0.25) is 0 Å². The topological polar surface area (TPSA) is 59.0 Å². The van der Waals surface area contributed by atoms with Crippen molar-refractivity contribution in [1.29, 1.82) is 0 Å². The molecule has 1 amide bonds. The molecule has 5 nitrogen and oxygen atoms in total. The Labute approximate surface area is 159 Å². The Morgan fingerprint density at radius 1 is 1.19 bits per heavy atom. The van der Waals surface area contributed by atoms with Crippen molar-refractivity contribution in [2.75, 3.05) is 13.9 Å². The number of aliphatic hydroxyl groups excluding tert-OH is 1. The van der Waals surface area contributed by atoms with Crippen LogP contribution in [0, 0.1) is 0 Å². The van der Waals surface area contributed by atoms with Gasteiger partial charge in [-0.25, -0.2) is 0 Å². The van der Waals surface area contributed by atoms with Crippen molar-refractivity contribution in [3.8, 4) is 0 Å². The summed E-state index contributed by atoms with van der Waals surface area (Å²) in [5.74, 6) is -0.314. The number of hydrogen-bond acceptors (Lipinski definition) is 4. The Bertz CT molecular complexity index is 815. The minimum Gasteiger partial charge on any atom is -0.381 e. The fraction of sp³-hybridized carbons (Fsp3) is 0.273. The molecular formula is C22H23NO4. The summed E-state index contributed by atoms with van der Waals surface area (Å²) in [5, 5.41) is 10.4. The van der Waals surface area contributed by atoms with Crippen molar-refractivity contribution in [3.05, 3.63) is 84.1 Å². The molecule has 3 rings (SSSR count). The molecule has 1 heterocycles. The molecule has 1 aliphatic heterocycles. The van der Waals surface area contributed by atoms with E-state index in [4.69, 9.17) is 9.47 Å². The number of benzene rings is 2. The summed E-state index contributed by atoms with van der Waals surface area (Å²) in [7, 11) is 1.53. The molecule has 3 atom stereocenters. The van der Waals surface area contributed by atoms with Gasteiger partial charge in [-0.15, -0.1) is 5.73 Å². The van der Waals surface area contributed by atoms with Gasteiger partial charge in [-0.05, 0) is 11.1 Å². The lowest BCUT2D eigenvalue weighted by Crippen LogP contribution is -2.69. The highest BCUT2D eigenvalue weighted by Crippen LogP contribution is 2.33. The van der Waals surface area contributed by atoms with Crippen molar-refractivity contribution in [3.63, 3.8) is 0 Å². The zero-order chi connectivity index (χ0) is 19.2. The Kier molecular flexibility index (Phi) is 6.22. The van der Waals surface area contributed by atoms with Gasteiger partial charge in [-0.2, -0.15) is 0 Å². The molecule has 0 radical (unpaired) electrons. The van der Waals surface area contributed by atoms with Gasteiger partial charge >= 0.3 is 0 Å². The lowest BCUT2D eigenvalue weighted by molar-refractivity contribution is -0.183. The summed E-state index contributed by atoms with van der Waals surface area (Å²) in [6, 6.07) is 18.7. The van der Waals surface area contributed by atoms with Crippen LogP contribution in [-0.4, -0.2) is 48.1 Å². The van der Waals surface area contributed by atoms with Crippen molar-refractivity contribution in [1.82, 2.24) is 4.90 Å². The Hall–Kier alpha value is -2.69. The van der Waals surface area contributed by atoms with E-state index in [-0.39, 0.29) is 12.7 Å². The summed E-state index contributed by atoms with van der Waals surface area (Å²) in [6.07, 6.45) is -1.75. The molecule has 1 fully saturated rings. The van der Waals surface area contributed by atoms with Gasteiger partial charge in [0.25, 0.3) is 5.91 Å². The number of likely N-dealkylation sites (tertiary alicyclic amines) is 1. The molecule has 5 heteroatoms. The van der Waals surface area contributed by atoms with Gasteiger partial charge < -0.3 is 19.5 Å². The Balaban J connectivity index is 1.90. The van der Waals surface area contributed by atoms with E-state index in [1.807, 2.05) is 60.7 Å². The monoisotopic (exact) mass is 365 g/mol. The molecule has 0 bridgehead atoms. The minimum atomic E-state index is -1.14. The Morgan fingerprint density at radius 3 is 2.41 bits per heavy atom. The van der Waals surface area contributed by atoms with Gasteiger partial charge in [0, 0.05) is 19.2 Å². The summed E-state index contributed by atoms with van der Waals surface area (Å²) in [6.45, 7) is 4.22. The van der Waals surface area contributed by atoms with Gasteiger partial charge in [0.05, 0.1) is 6.04 Å². The number of rotatable bonds is 8. The van der Waals surface area contributed by atoms with E-state index in [0.29, 0.717) is 12.1 Å². The summed E-state index contributed by atoms with van der Waals surface area (Å²) >= 11 is 0. The SMILES string of the molecule is C=C=C(c1ccccc1)[C@H](OCOC)[C@H]1[C@@H](O)C(=O)N1Cc1ccccc1. The number of carbonyl (C=O) groups is 1. The van der Waals surface area contributed by atoms with Crippen LogP contribution in [-0.2, 0) is 20.8 Å². The predicted octanol–water partition coefficient (Wildman–Crippen LogP) is 2.62. The van der Waals surface area contributed by atoms with Crippen LogP contribution >= 0.6 is 0 Å². The molecule has 0 unspecified atom stereocenters. The van der Waals surface area contributed by atoms with Gasteiger partial charge in [-0.3, -0.25) is 4.79 Å². The van der Waals surface area contributed by atoms with Gasteiger partial charge in [0.1, 0.15) is 12.9 Å². The molecule has 140 valence electrons. The van der Waals surface area contributed by atoms with E-state index in [2.05, 4.69) is 12.3 Å². The number of nitrogens with zero attached hydrogens (tertiary/aromatic N) is 1. The van der Waals surface area contributed by atoms with E-state index >= 15 is 0 Å². The Morgan fingerprint density at radius 2 is 1.81 bits per heavy atom. The third kappa shape index (κ3) is 4.02. The standard InChI is InChI=1S/C22H23NO4/c1-3-18(17-12-8-5-9-13-17)21(27-15-26-2)19-20(24)22(25)23(19)14-16-10-6-4-7-11-16/h4-13,19-21,24H,1,14-15H2,2H3/t19-,20-,21+/m1/s1. The second kappa shape index (κ2) is 8.80. The zero-order valence-corrected chi connectivity index (χ0v) is 15.2. The number of aliphatic hydroxyl groups is 1. The lowest BCUT2D eigenvalue weighted by Gasteiger charge is -2.48. The molecule has 27 heavy (non-hydrogen) atoms. The van der Waals surface area contributed by atoms with Crippen LogP contribution < -0.4 is 0 Å². The van der Waals surface area contributed by atoms with Crippen LogP contribution in [0.1, 0.15) is 11.1 Å². The maximum Gasteiger partial charge on any atom is 0.254 e. The van der Waals surface area contributed by atoms with E-state index in [1.165, 1.54) is 7.11 Å². The van der Waals surface area contributed by atoms with Crippen molar-refractivity contribution >= 4 is 11.5 Å². The van der Waals surface area contributed by atoms with Crippen molar-refractivity contribution in [2.24, 2.45) is 0 Å². The average Bonchev–Trinajstić information content (AvgIpc) is 2.72. The highest BCUT2D eigenvalue weighted by molar-refractivity contribution is 5.89. The van der Waals surface area contributed by atoms with E-state index in [9.17, 15) is 9.90 Å². The first kappa shape index (κ1) is 19.1. The third-order valence-corrected chi connectivity index (χ3v) is 4.65. The molecule has 2 aromatic carbocycles. The first-order valence-corrected chi connectivity index (χ1v) is 8.75. The second-order valence-corrected chi connectivity index (χ2v) is 6.34. The molecule has 0 spiro atoms. The molecule has 0 aromatic heterocycles. The predicted molar refractivity (Wildman–Crippen MR) is 103 cm³/mol. The fourth-order valence-electron chi connectivity index (χ4n) is 3.32. The van der Waals surface area contributed by atoms with Crippen LogP contribution in [0.25, 0.3) is 5.57 Å². The molecule has 0 saturated carbocycles. The van der Waals surface area contributed by atoms with E-state index in [1.54, 1.807) is 4.90 Å². The first-order valence-electron chi connectivity index (χ1n) is 8.75. The molecule has 0 aliphatic carbocycles. The fourth-order valence-corrected chi connectivity index (χ4v) is 3.32. The summed E-state index contributed by atoms with van der Waals surface area (Å²) < 4.78 is 10.9. The van der Waals surface area contributed by atoms with Crippen LogP contribution in [0.2, 0.25) is 0 Å². The van der Waals surface area contributed by atoms with Gasteiger partial charge in [-0.1, -0.05) is 67.2 Å². The highest BCUT2D eigenvalue weighted by atomic mass is 16.7. The number of carbonyl (C=O) groups excluding carboxylic acids is 1. The van der Waals surface area contributed by atoms with Crippen LogP contribution in [0.4, 0.5) is 0 Å². The minimum absolute atomic E-state index is 0.0271. The van der Waals surface area contributed by atoms with Crippen molar-refractivity contribution < 1.29 is 19.4 Å². The van der Waals surface area contributed by atoms with Crippen molar-refractivity contribution in [2.45, 2.75) is 24.8 Å². The van der Waals surface area contributed by atoms with Crippen LogP contribution in [0.3, 0.4) is 0 Å². The number of ether oxygens (including phenoxy) is 2. The molecule has 1 aliphatic rings. The number of hydrogen-bond donors (Lipinski definition) is 1. The first-order chi connectivity index (χ1) is 13.2. The average molecular weight is 365 g/mol. The van der Waals surface area contributed by atoms with E-state index in [0.717, 1.165) is 11.1 Å². The number of methoxy groups -OCH3 is 1. The number of β-lactam (4-membered cyclic amide) rings is 1. The smallest absolute Gasteiger partial charge is 0.254 e. The quantitative estimate of drug-likeness (QED) is 0.444. The normalized spacial score (nSPS) is 19.9. The largest absolute Gasteiger partial charge is 0.381 e. The molecular weight excluding hydrogens is 342 g/mol. The summed E-state index contributed by atoms with van der Waals surface area (Å²) in [5.41, 5.74) is 5.47. The summed E-state index contributed by atoms with van der Waals surface area (Å²) in [4.78, 5) is 14.0. The van der Waals surface area contributed by atoms with E-state index < -0.39 is 18.2 Å². The maximum absolute atomic E-state index is 12.3. The third-order valence-electron chi connectivity index (χ3n) is 4.65. The lowest BCUT2D eigenvalue weighted by atomic mass is 9.85. The maximum atomic E-state index is 12.3. The van der Waals surface area contributed by atoms with Gasteiger partial charge in [0.15, 0.2) is 6.10 Å². The highest BCUT2D eigenvalue weighted by Gasteiger charge is 2.51.